The van der Waals surface area contributed by atoms with Crippen LogP contribution >= 0.6 is 11.6 Å². The molecular formula is C15H22ClN3O2. The molecule has 3 rings (SSSR count). The third kappa shape index (κ3) is 3.78. The van der Waals surface area contributed by atoms with Gasteiger partial charge < -0.3 is 19.9 Å². The Morgan fingerprint density at radius 2 is 2.00 bits per heavy atom. The van der Waals surface area contributed by atoms with Crippen molar-refractivity contribution in [1.82, 2.24) is 15.2 Å². The summed E-state index contributed by atoms with van der Waals surface area (Å²) in [5, 5.41) is 3.66. The van der Waals surface area contributed by atoms with E-state index in [1.54, 1.807) is 12.3 Å². The van der Waals surface area contributed by atoms with E-state index >= 15 is 0 Å². The molecule has 2 aliphatic rings. The molecule has 2 fully saturated rings. The summed E-state index contributed by atoms with van der Waals surface area (Å²) in [6.45, 7) is 3.88. The lowest BCUT2D eigenvalue weighted by Gasteiger charge is -2.39. The molecule has 6 heteroatoms. The van der Waals surface area contributed by atoms with Crippen molar-refractivity contribution in [2.75, 3.05) is 26.3 Å². The van der Waals surface area contributed by atoms with Crippen molar-refractivity contribution in [3.63, 3.8) is 0 Å². The average molecular weight is 312 g/mol. The van der Waals surface area contributed by atoms with Crippen LogP contribution in [0.5, 0.6) is 0 Å². The number of hydrogen-bond donors (Lipinski definition) is 2. The lowest BCUT2D eigenvalue weighted by molar-refractivity contribution is 0.0238. The van der Waals surface area contributed by atoms with Gasteiger partial charge in [0.05, 0.1) is 5.02 Å². The molecule has 0 radical (unpaired) electrons. The van der Waals surface area contributed by atoms with E-state index < -0.39 is 0 Å². The van der Waals surface area contributed by atoms with Crippen LogP contribution in [0.15, 0.2) is 12.3 Å². The molecule has 0 unspecified atom stereocenters. The lowest BCUT2D eigenvalue weighted by atomic mass is 9.99. The fourth-order valence-corrected chi connectivity index (χ4v) is 3.39. The van der Waals surface area contributed by atoms with Gasteiger partial charge in [-0.3, -0.25) is 4.79 Å². The number of carbonyl (C=O) groups is 1. The summed E-state index contributed by atoms with van der Waals surface area (Å²) in [5.74, 6) is -0.0635. The third-order valence-corrected chi connectivity index (χ3v) is 4.68. The number of amides is 1. The van der Waals surface area contributed by atoms with Crippen LogP contribution in [0.1, 0.15) is 36.2 Å². The second-order valence-electron chi connectivity index (χ2n) is 5.86. The van der Waals surface area contributed by atoms with E-state index in [-0.39, 0.29) is 11.9 Å². The van der Waals surface area contributed by atoms with Gasteiger partial charge in [0.15, 0.2) is 0 Å². The molecule has 0 atom stereocenters. The largest absolute Gasteiger partial charge is 0.381 e. The Hall–Kier alpha value is -1.04. The van der Waals surface area contributed by atoms with Crippen molar-refractivity contribution in [1.29, 1.82) is 0 Å². The molecule has 2 N–H and O–H groups in total. The molecular weight excluding hydrogens is 290 g/mol. The van der Waals surface area contributed by atoms with Crippen molar-refractivity contribution >= 4 is 17.5 Å². The van der Waals surface area contributed by atoms with Gasteiger partial charge in [0, 0.05) is 44.6 Å². The monoisotopic (exact) mass is 311 g/mol. The quantitative estimate of drug-likeness (QED) is 0.898. The first-order valence-corrected chi connectivity index (χ1v) is 8.07. The van der Waals surface area contributed by atoms with Gasteiger partial charge in [0.25, 0.3) is 5.91 Å². The highest BCUT2D eigenvalue weighted by Crippen LogP contribution is 2.20. The molecule has 1 amide bonds. The highest BCUT2D eigenvalue weighted by molar-refractivity contribution is 6.30. The highest BCUT2D eigenvalue weighted by atomic mass is 35.5. The fourth-order valence-electron chi connectivity index (χ4n) is 3.22. The van der Waals surface area contributed by atoms with E-state index in [9.17, 15) is 4.79 Å². The first-order valence-electron chi connectivity index (χ1n) is 7.69. The Morgan fingerprint density at radius 1 is 1.29 bits per heavy atom. The summed E-state index contributed by atoms with van der Waals surface area (Å²) < 4.78 is 5.42. The van der Waals surface area contributed by atoms with Gasteiger partial charge in [0.2, 0.25) is 0 Å². The molecule has 0 saturated carbocycles. The predicted molar refractivity (Wildman–Crippen MR) is 81.7 cm³/mol. The Morgan fingerprint density at radius 3 is 2.62 bits per heavy atom. The van der Waals surface area contributed by atoms with Crippen LogP contribution in [0.4, 0.5) is 0 Å². The molecule has 0 bridgehead atoms. The summed E-state index contributed by atoms with van der Waals surface area (Å²) in [7, 11) is 0. The molecule has 1 aromatic rings. The van der Waals surface area contributed by atoms with Gasteiger partial charge in [-0.25, -0.2) is 0 Å². The second kappa shape index (κ2) is 6.81. The van der Waals surface area contributed by atoms with Crippen molar-refractivity contribution in [2.24, 2.45) is 0 Å². The van der Waals surface area contributed by atoms with E-state index in [2.05, 4.69) is 15.2 Å². The van der Waals surface area contributed by atoms with Crippen LogP contribution in [0.2, 0.25) is 5.02 Å². The van der Waals surface area contributed by atoms with Crippen LogP contribution in [0.3, 0.4) is 0 Å². The summed E-state index contributed by atoms with van der Waals surface area (Å²) in [5.41, 5.74) is 0.534. The topological polar surface area (TPSA) is 57.4 Å². The van der Waals surface area contributed by atoms with Gasteiger partial charge in [-0.05, 0) is 31.7 Å². The lowest BCUT2D eigenvalue weighted by Crippen LogP contribution is -2.49. The minimum atomic E-state index is -0.0635. The van der Waals surface area contributed by atoms with Gasteiger partial charge in [-0.15, -0.1) is 0 Å². The summed E-state index contributed by atoms with van der Waals surface area (Å²) in [4.78, 5) is 17.5. The molecule has 0 spiro atoms. The Labute approximate surface area is 130 Å². The first-order chi connectivity index (χ1) is 10.2. The number of likely N-dealkylation sites (tertiary alicyclic amines) is 1. The van der Waals surface area contributed by atoms with Gasteiger partial charge in [-0.1, -0.05) is 11.6 Å². The molecule has 116 valence electrons. The normalized spacial score (nSPS) is 22.3. The number of aromatic amines is 1. The number of hydrogen-bond acceptors (Lipinski definition) is 3. The van der Waals surface area contributed by atoms with E-state index in [4.69, 9.17) is 16.3 Å². The maximum Gasteiger partial charge on any atom is 0.267 e. The minimum absolute atomic E-state index is 0.0635. The number of carbonyl (C=O) groups excluding carboxylic acids is 1. The Bertz CT molecular complexity index is 477. The maximum atomic E-state index is 12.1. The smallest absolute Gasteiger partial charge is 0.267 e. The summed E-state index contributed by atoms with van der Waals surface area (Å²) in [6, 6.07) is 2.59. The minimum Gasteiger partial charge on any atom is -0.381 e. The van der Waals surface area contributed by atoms with Crippen LogP contribution < -0.4 is 5.32 Å². The van der Waals surface area contributed by atoms with E-state index in [0.717, 1.165) is 52.0 Å². The van der Waals surface area contributed by atoms with Crippen LogP contribution in [0, 0.1) is 0 Å². The average Bonchev–Trinajstić information content (AvgIpc) is 2.96. The molecule has 0 aromatic carbocycles. The molecule has 0 aliphatic carbocycles. The SMILES string of the molecule is O=C(NC1CCN(C2CCOCC2)CC1)c1cc(Cl)c[nH]1. The standard InChI is InChI=1S/C15H22ClN3O2/c16-11-9-14(17-10-11)15(20)18-12-1-5-19(6-2-12)13-3-7-21-8-4-13/h9-10,12-13,17H,1-8H2,(H,18,20). The number of H-pyrrole nitrogens is 1. The number of ether oxygens (including phenoxy) is 1. The van der Waals surface area contributed by atoms with Crippen molar-refractivity contribution in [3.8, 4) is 0 Å². The van der Waals surface area contributed by atoms with E-state index in [1.165, 1.54) is 0 Å². The van der Waals surface area contributed by atoms with E-state index in [1.807, 2.05) is 0 Å². The van der Waals surface area contributed by atoms with Crippen molar-refractivity contribution in [3.05, 3.63) is 23.0 Å². The van der Waals surface area contributed by atoms with Gasteiger partial charge in [0.1, 0.15) is 5.69 Å². The molecule has 2 saturated heterocycles. The number of rotatable bonds is 3. The van der Waals surface area contributed by atoms with E-state index in [0.29, 0.717) is 16.8 Å². The molecule has 21 heavy (non-hydrogen) atoms. The number of nitrogens with one attached hydrogen (secondary N) is 2. The van der Waals surface area contributed by atoms with Gasteiger partial charge in [-0.2, -0.15) is 0 Å². The third-order valence-electron chi connectivity index (χ3n) is 4.46. The number of halogens is 1. The first kappa shape index (κ1) is 14.9. The zero-order valence-corrected chi connectivity index (χ0v) is 12.9. The Balaban J connectivity index is 1.46. The second-order valence-corrected chi connectivity index (χ2v) is 6.30. The maximum absolute atomic E-state index is 12.1. The summed E-state index contributed by atoms with van der Waals surface area (Å²) in [6.07, 6.45) is 5.93. The van der Waals surface area contributed by atoms with Crippen LogP contribution in [0.25, 0.3) is 0 Å². The van der Waals surface area contributed by atoms with Crippen molar-refractivity contribution < 1.29 is 9.53 Å². The molecule has 2 aliphatic heterocycles. The zero-order chi connectivity index (χ0) is 14.7. The number of aromatic nitrogens is 1. The Kier molecular flexibility index (Phi) is 4.83. The molecule has 5 nitrogen and oxygen atoms in total. The van der Waals surface area contributed by atoms with Crippen LogP contribution in [-0.2, 0) is 4.74 Å². The molecule has 1 aromatic heterocycles. The summed E-state index contributed by atoms with van der Waals surface area (Å²) >= 11 is 5.82. The number of nitrogens with zero attached hydrogens (tertiary/aromatic N) is 1. The number of piperidine rings is 1. The predicted octanol–water partition coefficient (Wildman–Crippen LogP) is 2.04. The highest BCUT2D eigenvalue weighted by Gasteiger charge is 2.27. The zero-order valence-electron chi connectivity index (χ0n) is 12.1. The van der Waals surface area contributed by atoms with Crippen molar-refractivity contribution in [2.45, 2.75) is 37.8 Å². The fraction of sp³-hybridized carbons (Fsp3) is 0.667. The van der Waals surface area contributed by atoms with Gasteiger partial charge >= 0.3 is 0 Å². The van der Waals surface area contributed by atoms with Crippen LogP contribution in [-0.4, -0.2) is 54.2 Å². The molecule has 3 heterocycles.